The normalized spacial score (nSPS) is 10.3. The zero-order valence-corrected chi connectivity index (χ0v) is 9.70. The van der Waals surface area contributed by atoms with Gasteiger partial charge in [0, 0.05) is 24.9 Å². The molecule has 18 heavy (non-hydrogen) atoms. The van der Waals surface area contributed by atoms with Gasteiger partial charge in [-0.3, -0.25) is 14.7 Å². The molecule has 2 aromatic heterocycles. The summed E-state index contributed by atoms with van der Waals surface area (Å²) < 4.78 is 1.58. The van der Waals surface area contributed by atoms with Gasteiger partial charge in [-0.2, -0.15) is 0 Å². The van der Waals surface area contributed by atoms with E-state index in [9.17, 15) is 10.1 Å². The quantitative estimate of drug-likeness (QED) is 0.474. The number of hydrogen-bond acceptors (Lipinski definition) is 6. The van der Waals surface area contributed by atoms with Gasteiger partial charge in [0.1, 0.15) is 11.6 Å². The summed E-state index contributed by atoms with van der Waals surface area (Å²) in [6.45, 7) is 1.91. The van der Waals surface area contributed by atoms with Gasteiger partial charge in [-0.25, -0.2) is 15.8 Å². The number of anilines is 1. The van der Waals surface area contributed by atoms with E-state index in [0.717, 1.165) is 0 Å². The van der Waals surface area contributed by atoms with E-state index in [-0.39, 0.29) is 11.5 Å². The Hall–Kier alpha value is -2.48. The van der Waals surface area contributed by atoms with Gasteiger partial charge < -0.3 is 5.43 Å². The number of pyridine rings is 1. The first-order chi connectivity index (χ1) is 8.67. The van der Waals surface area contributed by atoms with Crippen LogP contribution in [0.1, 0.15) is 12.7 Å². The van der Waals surface area contributed by atoms with E-state index in [2.05, 4.69) is 15.4 Å². The smallest absolute Gasteiger partial charge is 0.308 e. The molecular weight excluding hydrogens is 236 g/mol. The van der Waals surface area contributed by atoms with Crippen molar-refractivity contribution >= 4 is 11.5 Å². The van der Waals surface area contributed by atoms with Gasteiger partial charge in [0.25, 0.3) is 0 Å². The highest BCUT2D eigenvalue weighted by molar-refractivity contribution is 5.53. The number of nitrogens with two attached hydrogens (primary N) is 1. The standard InChI is InChI=1S/C10H12N6O2/c1-2-9-12-5-6-15(9)10-7(16(17)18)3-4-8(13-10)14-11/h3-6H,2,11H2,1H3,(H,13,14). The molecule has 0 aliphatic rings. The molecule has 0 aliphatic heterocycles. The summed E-state index contributed by atoms with van der Waals surface area (Å²) in [7, 11) is 0. The lowest BCUT2D eigenvalue weighted by Gasteiger charge is -2.08. The average Bonchev–Trinajstić information content (AvgIpc) is 2.85. The fourth-order valence-electron chi connectivity index (χ4n) is 1.63. The van der Waals surface area contributed by atoms with Crippen LogP contribution in [-0.2, 0) is 6.42 Å². The van der Waals surface area contributed by atoms with E-state index in [4.69, 9.17) is 5.84 Å². The maximum absolute atomic E-state index is 11.0. The van der Waals surface area contributed by atoms with Crippen LogP contribution in [0.3, 0.4) is 0 Å². The molecule has 0 aromatic carbocycles. The fourth-order valence-corrected chi connectivity index (χ4v) is 1.63. The van der Waals surface area contributed by atoms with Crippen molar-refractivity contribution in [2.24, 2.45) is 5.84 Å². The Kier molecular flexibility index (Phi) is 3.20. The maximum Gasteiger partial charge on any atom is 0.312 e. The number of hydrogen-bond donors (Lipinski definition) is 2. The topological polar surface area (TPSA) is 112 Å². The highest BCUT2D eigenvalue weighted by Crippen LogP contribution is 2.23. The molecule has 2 rings (SSSR count). The van der Waals surface area contributed by atoms with Crippen LogP contribution in [0.15, 0.2) is 24.5 Å². The molecule has 0 saturated heterocycles. The Morgan fingerprint density at radius 1 is 1.56 bits per heavy atom. The Labute approximate surface area is 103 Å². The first-order valence-corrected chi connectivity index (χ1v) is 5.32. The zero-order chi connectivity index (χ0) is 13.1. The van der Waals surface area contributed by atoms with Gasteiger partial charge in [0.05, 0.1) is 4.92 Å². The SMILES string of the molecule is CCc1nccn1-c1nc(NN)ccc1[N+](=O)[O-]. The van der Waals surface area contributed by atoms with Gasteiger partial charge in [-0.05, 0) is 6.07 Å². The minimum atomic E-state index is -0.484. The van der Waals surface area contributed by atoms with Gasteiger partial charge in [0.15, 0.2) is 0 Å². The monoisotopic (exact) mass is 248 g/mol. The van der Waals surface area contributed by atoms with E-state index in [1.807, 2.05) is 6.92 Å². The number of nitrogens with zero attached hydrogens (tertiary/aromatic N) is 4. The van der Waals surface area contributed by atoms with Crippen molar-refractivity contribution in [1.82, 2.24) is 14.5 Å². The third-order valence-corrected chi connectivity index (χ3v) is 2.46. The molecule has 8 heteroatoms. The molecule has 8 nitrogen and oxygen atoms in total. The molecule has 0 aliphatic carbocycles. The number of nitrogens with one attached hydrogen (secondary N) is 1. The summed E-state index contributed by atoms with van der Waals surface area (Å²) in [5, 5.41) is 11.0. The summed E-state index contributed by atoms with van der Waals surface area (Å²) in [4.78, 5) is 18.7. The number of aromatic nitrogens is 3. The number of nitro groups is 1. The van der Waals surface area contributed by atoms with Crippen molar-refractivity contribution < 1.29 is 4.92 Å². The van der Waals surface area contributed by atoms with Crippen molar-refractivity contribution in [3.8, 4) is 5.82 Å². The molecule has 0 bridgehead atoms. The van der Waals surface area contributed by atoms with Crippen LogP contribution >= 0.6 is 0 Å². The third-order valence-electron chi connectivity index (χ3n) is 2.46. The second kappa shape index (κ2) is 4.80. The van der Waals surface area contributed by atoms with Crippen LogP contribution in [0.2, 0.25) is 0 Å². The van der Waals surface area contributed by atoms with Crippen LogP contribution in [0.4, 0.5) is 11.5 Å². The van der Waals surface area contributed by atoms with E-state index < -0.39 is 4.92 Å². The molecule has 0 amide bonds. The summed E-state index contributed by atoms with van der Waals surface area (Å²) in [5.41, 5.74) is 2.27. The van der Waals surface area contributed by atoms with Crippen LogP contribution in [-0.4, -0.2) is 19.5 Å². The molecule has 0 saturated carbocycles. The largest absolute Gasteiger partial charge is 0.312 e. The summed E-state index contributed by atoms with van der Waals surface area (Å²) in [6, 6.07) is 2.81. The number of nitrogen functional groups attached to an aromatic ring is 1. The molecule has 2 heterocycles. The molecule has 0 fully saturated rings. The number of hydrazine groups is 1. The molecular formula is C10H12N6O2. The fraction of sp³-hybridized carbons (Fsp3) is 0.200. The second-order valence-electron chi connectivity index (χ2n) is 3.51. The molecule has 3 N–H and O–H groups in total. The molecule has 0 radical (unpaired) electrons. The Morgan fingerprint density at radius 2 is 2.33 bits per heavy atom. The van der Waals surface area contributed by atoms with E-state index >= 15 is 0 Å². The van der Waals surface area contributed by atoms with Crippen molar-refractivity contribution in [3.63, 3.8) is 0 Å². The minimum Gasteiger partial charge on any atom is -0.308 e. The minimum absolute atomic E-state index is 0.0956. The number of rotatable bonds is 4. The molecule has 0 spiro atoms. The first-order valence-electron chi connectivity index (χ1n) is 5.32. The summed E-state index contributed by atoms with van der Waals surface area (Å²) in [6.07, 6.45) is 3.85. The Balaban J connectivity index is 2.63. The van der Waals surface area contributed by atoms with Crippen molar-refractivity contribution in [2.45, 2.75) is 13.3 Å². The highest BCUT2D eigenvalue weighted by atomic mass is 16.6. The van der Waals surface area contributed by atoms with Crippen molar-refractivity contribution in [1.29, 1.82) is 0 Å². The number of imidazole rings is 1. The van der Waals surface area contributed by atoms with Gasteiger partial charge in [0.2, 0.25) is 5.82 Å². The predicted octanol–water partition coefficient (Wildman–Crippen LogP) is 1.02. The second-order valence-corrected chi connectivity index (χ2v) is 3.51. The zero-order valence-electron chi connectivity index (χ0n) is 9.70. The summed E-state index contributed by atoms with van der Waals surface area (Å²) >= 11 is 0. The maximum atomic E-state index is 11.0. The van der Waals surface area contributed by atoms with Crippen LogP contribution in [0.5, 0.6) is 0 Å². The lowest BCUT2D eigenvalue weighted by molar-refractivity contribution is -0.384. The predicted molar refractivity (Wildman–Crippen MR) is 65.2 cm³/mol. The number of aryl methyl sites for hydroxylation is 1. The van der Waals surface area contributed by atoms with Gasteiger partial charge in [-0.15, -0.1) is 0 Å². The third kappa shape index (κ3) is 2.00. The molecule has 94 valence electrons. The lowest BCUT2D eigenvalue weighted by Crippen LogP contribution is -2.12. The van der Waals surface area contributed by atoms with Crippen molar-refractivity contribution in [3.05, 3.63) is 40.5 Å². The van der Waals surface area contributed by atoms with Crippen LogP contribution in [0.25, 0.3) is 5.82 Å². The van der Waals surface area contributed by atoms with Crippen molar-refractivity contribution in [2.75, 3.05) is 5.43 Å². The average molecular weight is 248 g/mol. The van der Waals surface area contributed by atoms with Gasteiger partial charge >= 0.3 is 5.69 Å². The highest BCUT2D eigenvalue weighted by Gasteiger charge is 2.19. The molecule has 0 unspecified atom stereocenters. The van der Waals surface area contributed by atoms with Gasteiger partial charge in [-0.1, -0.05) is 6.92 Å². The Bertz CT molecular complexity index is 579. The summed E-state index contributed by atoms with van der Waals surface area (Å²) in [5.74, 6) is 6.51. The molecule has 0 atom stereocenters. The molecule has 2 aromatic rings. The first kappa shape index (κ1) is 12.0. The lowest BCUT2D eigenvalue weighted by atomic mass is 10.3. The van der Waals surface area contributed by atoms with E-state index in [0.29, 0.717) is 18.1 Å². The van der Waals surface area contributed by atoms with Crippen LogP contribution in [0, 0.1) is 10.1 Å². The Morgan fingerprint density at radius 3 is 2.94 bits per heavy atom. The van der Waals surface area contributed by atoms with E-state index in [1.165, 1.54) is 12.1 Å². The van der Waals surface area contributed by atoms with Crippen LogP contribution < -0.4 is 11.3 Å². The van der Waals surface area contributed by atoms with E-state index in [1.54, 1.807) is 17.0 Å².